The van der Waals surface area contributed by atoms with E-state index in [4.69, 9.17) is 5.73 Å². The molecule has 0 fully saturated rings. The normalized spacial score (nSPS) is 20.0. The third-order valence-corrected chi connectivity index (χ3v) is 3.24. The predicted octanol–water partition coefficient (Wildman–Crippen LogP) is 2.63. The summed E-state index contributed by atoms with van der Waals surface area (Å²) in [6, 6.07) is 4.20. The number of hydrogen-bond donors (Lipinski definition) is 1. The van der Waals surface area contributed by atoms with Crippen LogP contribution in [0.4, 0.5) is 0 Å². The molecule has 1 aliphatic carbocycles. The molecule has 1 heterocycles. The Morgan fingerprint density at radius 3 is 3.29 bits per heavy atom. The van der Waals surface area contributed by atoms with Gasteiger partial charge in [0.25, 0.3) is 0 Å². The SMILES string of the molecule is CCCC(N)C#CC1CCCc2cccnc21. The van der Waals surface area contributed by atoms with Crippen molar-refractivity contribution in [3.05, 3.63) is 29.6 Å². The zero-order chi connectivity index (χ0) is 12.1. The number of nitrogens with zero attached hydrogens (tertiary/aromatic N) is 1. The predicted molar refractivity (Wildman–Crippen MR) is 70.6 cm³/mol. The van der Waals surface area contributed by atoms with Gasteiger partial charge in [0.15, 0.2) is 0 Å². The summed E-state index contributed by atoms with van der Waals surface area (Å²) in [5.41, 5.74) is 8.47. The molecular weight excluding hydrogens is 208 g/mol. The van der Waals surface area contributed by atoms with Gasteiger partial charge in [0.2, 0.25) is 0 Å². The Morgan fingerprint density at radius 2 is 2.47 bits per heavy atom. The van der Waals surface area contributed by atoms with Crippen LogP contribution in [0.1, 0.15) is 49.8 Å². The topological polar surface area (TPSA) is 38.9 Å². The van der Waals surface area contributed by atoms with E-state index in [1.165, 1.54) is 17.7 Å². The average Bonchev–Trinajstić information content (AvgIpc) is 2.36. The fraction of sp³-hybridized carbons (Fsp3) is 0.533. The first-order valence-corrected chi connectivity index (χ1v) is 6.51. The van der Waals surface area contributed by atoms with E-state index in [0.717, 1.165) is 25.7 Å². The third kappa shape index (κ3) is 3.08. The van der Waals surface area contributed by atoms with E-state index >= 15 is 0 Å². The summed E-state index contributed by atoms with van der Waals surface area (Å²) < 4.78 is 0. The van der Waals surface area contributed by atoms with Crippen molar-refractivity contribution in [3.8, 4) is 11.8 Å². The van der Waals surface area contributed by atoms with E-state index in [-0.39, 0.29) is 6.04 Å². The second-order valence-corrected chi connectivity index (χ2v) is 4.68. The number of nitrogens with two attached hydrogens (primary N) is 1. The summed E-state index contributed by atoms with van der Waals surface area (Å²) in [6.45, 7) is 2.14. The van der Waals surface area contributed by atoms with Gasteiger partial charge in [-0.3, -0.25) is 4.98 Å². The molecule has 0 bridgehead atoms. The van der Waals surface area contributed by atoms with Gasteiger partial charge in [-0.15, -0.1) is 0 Å². The third-order valence-electron chi connectivity index (χ3n) is 3.24. The molecule has 17 heavy (non-hydrogen) atoms. The molecule has 0 radical (unpaired) electrons. The zero-order valence-corrected chi connectivity index (χ0v) is 10.4. The average molecular weight is 228 g/mol. The second kappa shape index (κ2) is 5.84. The van der Waals surface area contributed by atoms with E-state index in [1.54, 1.807) is 0 Å². The lowest BCUT2D eigenvalue weighted by Crippen LogP contribution is -2.17. The molecule has 2 rings (SSSR count). The van der Waals surface area contributed by atoms with Crippen LogP contribution >= 0.6 is 0 Å². The van der Waals surface area contributed by atoms with E-state index < -0.39 is 0 Å². The molecule has 0 aliphatic heterocycles. The molecule has 2 unspecified atom stereocenters. The largest absolute Gasteiger partial charge is 0.318 e. The number of rotatable bonds is 2. The van der Waals surface area contributed by atoms with Crippen LogP contribution < -0.4 is 5.73 Å². The highest BCUT2D eigenvalue weighted by Gasteiger charge is 2.19. The molecule has 0 spiro atoms. The Balaban J connectivity index is 2.13. The van der Waals surface area contributed by atoms with Crippen molar-refractivity contribution in [2.75, 3.05) is 0 Å². The van der Waals surface area contributed by atoms with E-state index in [2.05, 4.69) is 29.8 Å². The second-order valence-electron chi connectivity index (χ2n) is 4.68. The molecule has 0 aromatic carbocycles. The summed E-state index contributed by atoms with van der Waals surface area (Å²) in [4.78, 5) is 4.48. The van der Waals surface area contributed by atoms with Gasteiger partial charge >= 0.3 is 0 Å². The summed E-state index contributed by atoms with van der Waals surface area (Å²) in [5.74, 6) is 6.80. The molecule has 0 amide bonds. The molecule has 1 aromatic rings. The number of aromatic nitrogens is 1. The minimum absolute atomic E-state index is 0.0223. The molecular formula is C15H20N2. The number of fused-ring (bicyclic) bond motifs is 1. The van der Waals surface area contributed by atoms with E-state index in [0.29, 0.717) is 5.92 Å². The van der Waals surface area contributed by atoms with Crippen LogP contribution in [0.5, 0.6) is 0 Å². The summed E-state index contributed by atoms with van der Waals surface area (Å²) >= 11 is 0. The highest BCUT2D eigenvalue weighted by molar-refractivity contribution is 5.32. The monoisotopic (exact) mass is 228 g/mol. The minimum Gasteiger partial charge on any atom is -0.318 e. The molecule has 2 N–H and O–H groups in total. The van der Waals surface area contributed by atoms with Gasteiger partial charge in [-0.05, 0) is 37.3 Å². The molecule has 2 heteroatoms. The van der Waals surface area contributed by atoms with Crippen molar-refractivity contribution in [2.24, 2.45) is 5.73 Å². The number of aryl methyl sites for hydroxylation is 1. The van der Waals surface area contributed by atoms with E-state index in [1.807, 2.05) is 12.3 Å². The van der Waals surface area contributed by atoms with E-state index in [9.17, 15) is 0 Å². The summed E-state index contributed by atoms with van der Waals surface area (Å²) in [6.07, 6.45) is 7.41. The summed E-state index contributed by atoms with van der Waals surface area (Å²) in [7, 11) is 0. The van der Waals surface area contributed by atoms with Crippen LogP contribution in [0, 0.1) is 11.8 Å². The Bertz CT molecular complexity index is 428. The minimum atomic E-state index is 0.0223. The van der Waals surface area contributed by atoms with Crippen molar-refractivity contribution in [1.82, 2.24) is 4.98 Å². The zero-order valence-electron chi connectivity index (χ0n) is 10.4. The number of hydrogen-bond acceptors (Lipinski definition) is 2. The van der Waals surface area contributed by atoms with Crippen LogP contribution in [-0.2, 0) is 6.42 Å². The molecule has 0 saturated carbocycles. The van der Waals surface area contributed by atoms with Gasteiger partial charge < -0.3 is 5.73 Å². The molecule has 2 atom stereocenters. The van der Waals surface area contributed by atoms with Gasteiger partial charge in [0, 0.05) is 6.20 Å². The molecule has 2 nitrogen and oxygen atoms in total. The molecule has 1 aromatic heterocycles. The summed E-state index contributed by atoms with van der Waals surface area (Å²) in [5, 5.41) is 0. The van der Waals surface area contributed by atoms with Crippen LogP contribution in [0.15, 0.2) is 18.3 Å². The molecule has 1 aliphatic rings. The quantitative estimate of drug-likeness (QED) is 0.790. The lowest BCUT2D eigenvalue weighted by Gasteiger charge is -2.19. The van der Waals surface area contributed by atoms with Gasteiger partial charge in [0.05, 0.1) is 17.7 Å². The molecule has 0 saturated heterocycles. The van der Waals surface area contributed by atoms with Crippen molar-refractivity contribution in [3.63, 3.8) is 0 Å². The first-order valence-electron chi connectivity index (χ1n) is 6.51. The standard InChI is InChI=1S/C15H20N2/c1-2-5-14(16)10-9-13-7-3-6-12-8-4-11-17-15(12)13/h4,8,11,13-14H,2-3,5-7,16H2,1H3. The Kier molecular flexibility index (Phi) is 4.17. The fourth-order valence-corrected chi connectivity index (χ4v) is 2.34. The van der Waals surface area contributed by atoms with Gasteiger partial charge in [-0.2, -0.15) is 0 Å². The van der Waals surface area contributed by atoms with Crippen molar-refractivity contribution < 1.29 is 0 Å². The van der Waals surface area contributed by atoms with Crippen molar-refractivity contribution in [2.45, 2.75) is 51.0 Å². The maximum absolute atomic E-state index is 5.93. The maximum atomic E-state index is 5.93. The Hall–Kier alpha value is -1.33. The first-order chi connectivity index (χ1) is 8.31. The van der Waals surface area contributed by atoms with Gasteiger partial charge in [0.1, 0.15) is 0 Å². The Morgan fingerprint density at radius 1 is 1.59 bits per heavy atom. The van der Waals surface area contributed by atoms with Crippen molar-refractivity contribution >= 4 is 0 Å². The van der Waals surface area contributed by atoms with Gasteiger partial charge in [-0.1, -0.05) is 31.3 Å². The van der Waals surface area contributed by atoms with Crippen LogP contribution in [-0.4, -0.2) is 11.0 Å². The maximum Gasteiger partial charge on any atom is 0.0664 e. The van der Waals surface area contributed by atoms with Crippen molar-refractivity contribution in [1.29, 1.82) is 0 Å². The Labute approximate surface area is 104 Å². The highest BCUT2D eigenvalue weighted by Crippen LogP contribution is 2.28. The first kappa shape index (κ1) is 12.1. The van der Waals surface area contributed by atoms with Gasteiger partial charge in [-0.25, -0.2) is 0 Å². The fourth-order valence-electron chi connectivity index (χ4n) is 2.34. The highest BCUT2D eigenvalue weighted by atomic mass is 14.7. The number of pyridine rings is 1. The lowest BCUT2D eigenvalue weighted by molar-refractivity contribution is 0.621. The smallest absolute Gasteiger partial charge is 0.0664 e. The van der Waals surface area contributed by atoms with Crippen LogP contribution in [0.25, 0.3) is 0 Å². The van der Waals surface area contributed by atoms with Crippen LogP contribution in [0.3, 0.4) is 0 Å². The molecule has 90 valence electrons. The lowest BCUT2D eigenvalue weighted by atomic mass is 9.87. The van der Waals surface area contributed by atoms with Crippen LogP contribution in [0.2, 0.25) is 0 Å².